The number of hydrogen-bond acceptors (Lipinski definition) is 4. The Bertz CT molecular complexity index is 300. The highest BCUT2D eigenvalue weighted by molar-refractivity contribution is 5.68. The standard InChI is InChI=1S/C8H9NO4/c10-4-6-2-1-3-7(9-6)13-5-8(11)12/h1-3,10H,4-5H2,(H,11,12). The molecule has 0 amide bonds. The highest BCUT2D eigenvalue weighted by atomic mass is 16.5. The topological polar surface area (TPSA) is 79.7 Å². The summed E-state index contributed by atoms with van der Waals surface area (Å²) in [7, 11) is 0. The van der Waals surface area contributed by atoms with Crippen LogP contribution in [0.5, 0.6) is 5.88 Å². The van der Waals surface area contributed by atoms with Gasteiger partial charge in [0, 0.05) is 6.07 Å². The van der Waals surface area contributed by atoms with Gasteiger partial charge in [0.15, 0.2) is 6.61 Å². The van der Waals surface area contributed by atoms with E-state index in [1.807, 2.05) is 0 Å². The lowest BCUT2D eigenvalue weighted by Gasteiger charge is -2.02. The molecule has 0 radical (unpaired) electrons. The third kappa shape index (κ3) is 3.08. The largest absolute Gasteiger partial charge is 0.479 e. The van der Waals surface area contributed by atoms with Crippen molar-refractivity contribution in [1.82, 2.24) is 4.98 Å². The maximum absolute atomic E-state index is 10.1. The van der Waals surface area contributed by atoms with Crippen molar-refractivity contribution in [3.8, 4) is 5.88 Å². The minimum Gasteiger partial charge on any atom is -0.479 e. The van der Waals surface area contributed by atoms with E-state index in [1.54, 1.807) is 12.1 Å². The fourth-order valence-corrected chi connectivity index (χ4v) is 0.762. The van der Waals surface area contributed by atoms with Gasteiger partial charge in [-0.25, -0.2) is 9.78 Å². The molecule has 0 bridgehead atoms. The van der Waals surface area contributed by atoms with E-state index >= 15 is 0 Å². The van der Waals surface area contributed by atoms with E-state index in [0.717, 1.165) is 0 Å². The zero-order valence-corrected chi connectivity index (χ0v) is 6.80. The van der Waals surface area contributed by atoms with Gasteiger partial charge in [-0.05, 0) is 6.07 Å². The SMILES string of the molecule is O=C(O)COc1cccc(CO)n1. The normalized spacial score (nSPS) is 9.62. The van der Waals surface area contributed by atoms with Crippen LogP contribution in [0, 0.1) is 0 Å². The molecule has 1 aromatic heterocycles. The number of ether oxygens (including phenoxy) is 1. The number of aromatic nitrogens is 1. The second kappa shape index (κ2) is 4.42. The number of nitrogens with zero attached hydrogens (tertiary/aromatic N) is 1. The summed E-state index contributed by atoms with van der Waals surface area (Å²) >= 11 is 0. The zero-order valence-electron chi connectivity index (χ0n) is 6.80. The van der Waals surface area contributed by atoms with E-state index < -0.39 is 12.6 Å². The van der Waals surface area contributed by atoms with Crippen molar-refractivity contribution in [1.29, 1.82) is 0 Å². The number of aliphatic hydroxyl groups excluding tert-OH is 1. The van der Waals surface area contributed by atoms with Crippen LogP contribution in [-0.2, 0) is 11.4 Å². The minimum atomic E-state index is -1.06. The van der Waals surface area contributed by atoms with Crippen LogP contribution in [0.2, 0.25) is 0 Å². The lowest BCUT2D eigenvalue weighted by molar-refractivity contribution is -0.139. The van der Waals surface area contributed by atoms with E-state index in [4.69, 9.17) is 14.9 Å². The van der Waals surface area contributed by atoms with E-state index in [2.05, 4.69) is 4.98 Å². The second-order valence-corrected chi connectivity index (χ2v) is 2.31. The minimum absolute atomic E-state index is 0.190. The summed E-state index contributed by atoms with van der Waals surface area (Å²) in [6.07, 6.45) is 0. The number of aliphatic hydroxyl groups is 1. The van der Waals surface area contributed by atoms with Crippen molar-refractivity contribution >= 4 is 5.97 Å². The van der Waals surface area contributed by atoms with E-state index in [9.17, 15) is 4.79 Å². The first kappa shape index (κ1) is 9.47. The Hall–Kier alpha value is -1.62. The Labute approximate surface area is 74.6 Å². The third-order valence-electron chi connectivity index (χ3n) is 1.29. The second-order valence-electron chi connectivity index (χ2n) is 2.31. The number of pyridine rings is 1. The van der Waals surface area contributed by atoms with Crippen molar-refractivity contribution in [2.45, 2.75) is 6.61 Å². The van der Waals surface area contributed by atoms with Gasteiger partial charge in [-0.3, -0.25) is 0 Å². The van der Waals surface area contributed by atoms with Crippen molar-refractivity contribution in [2.75, 3.05) is 6.61 Å². The molecular weight excluding hydrogens is 174 g/mol. The molecule has 0 saturated heterocycles. The molecular formula is C8H9NO4. The Balaban J connectivity index is 2.61. The van der Waals surface area contributed by atoms with Crippen LogP contribution in [0.25, 0.3) is 0 Å². The number of carboxylic acids is 1. The Morgan fingerprint density at radius 1 is 1.54 bits per heavy atom. The molecule has 5 heteroatoms. The summed E-state index contributed by atoms with van der Waals surface area (Å²) in [6.45, 7) is -0.619. The predicted molar refractivity (Wildman–Crippen MR) is 43.3 cm³/mol. The summed E-state index contributed by atoms with van der Waals surface area (Å²) in [5.41, 5.74) is 0.447. The number of aliphatic carboxylic acids is 1. The van der Waals surface area contributed by atoms with E-state index in [1.165, 1.54) is 6.07 Å². The van der Waals surface area contributed by atoms with Crippen LogP contribution in [0.3, 0.4) is 0 Å². The Morgan fingerprint density at radius 2 is 2.31 bits per heavy atom. The molecule has 0 aromatic carbocycles. The Kier molecular flexibility index (Phi) is 3.22. The fourth-order valence-electron chi connectivity index (χ4n) is 0.762. The van der Waals surface area contributed by atoms with Crippen LogP contribution in [0.4, 0.5) is 0 Å². The molecule has 0 spiro atoms. The number of rotatable bonds is 4. The van der Waals surface area contributed by atoms with Crippen molar-refractivity contribution < 1.29 is 19.7 Å². The highest BCUT2D eigenvalue weighted by Crippen LogP contribution is 2.06. The first-order valence-electron chi connectivity index (χ1n) is 3.64. The highest BCUT2D eigenvalue weighted by Gasteiger charge is 2.00. The summed E-state index contributed by atoms with van der Waals surface area (Å²) in [5.74, 6) is -0.856. The van der Waals surface area contributed by atoms with Crippen molar-refractivity contribution in [2.24, 2.45) is 0 Å². The molecule has 13 heavy (non-hydrogen) atoms. The number of carbonyl (C=O) groups is 1. The molecule has 0 aliphatic carbocycles. The molecule has 0 aliphatic heterocycles. The van der Waals surface area contributed by atoms with Crippen LogP contribution in [-0.4, -0.2) is 27.8 Å². The molecule has 5 nitrogen and oxygen atoms in total. The van der Waals surface area contributed by atoms with Gasteiger partial charge in [-0.15, -0.1) is 0 Å². The van der Waals surface area contributed by atoms with Gasteiger partial charge in [0.1, 0.15) is 0 Å². The summed E-state index contributed by atoms with van der Waals surface area (Å²) in [6, 6.07) is 4.78. The van der Waals surface area contributed by atoms with Gasteiger partial charge in [-0.1, -0.05) is 6.07 Å². The summed E-state index contributed by atoms with van der Waals surface area (Å²) in [5, 5.41) is 17.0. The molecule has 0 atom stereocenters. The molecule has 2 N–H and O–H groups in total. The van der Waals surface area contributed by atoms with Crippen LogP contribution < -0.4 is 4.74 Å². The third-order valence-corrected chi connectivity index (χ3v) is 1.29. The van der Waals surface area contributed by atoms with Gasteiger partial charge in [0.05, 0.1) is 12.3 Å². The summed E-state index contributed by atoms with van der Waals surface area (Å²) in [4.78, 5) is 14.0. The first-order chi connectivity index (χ1) is 6.22. The molecule has 1 rings (SSSR count). The molecule has 0 aliphatic rings. The zero-order chi connectivity index (χ0) is 9.68. The molecule has 0 fully saturated rings. The van der Waals surface area contributed by atoms with Gasteiger partial charge in [-0.2, -0.15) is 0 Å². The van der Waals surface area contributed by atoms with Crippen molar-refractivity contribution in [3.05, 3.63) is 23.9 Å². The molecule has 0 unspecified atom stereocenters. The number of carboxylic acid groups (broad SMARTS) is 1. The molecule has 1 aromatic rings. The lowest BCUT2D eigenvalue weighted by Crippen LogP contribution is -2.10. The van der Waals surface area contributed by atoms with Crippen LogP contribution in [0.15, 0.2) is 18.2 Å². The van der Waals surface area contributed by atoms with Crippen molar-refractivity contribution in [3.63, 3.8) is 0 Å². The first-order valence-corrected chi connectivity index (χ1v) is 3.64. The number of hydrogen-bond donors (Lipinski definition) is 2. The maximum atomic E-state index is 10.1. The average molecular weight is 183 g/mol. The van der Waals surface area contributed by atoms with Crippen LogP contribution in [0.1, 0.15) is 5.69 Å². The maximum Gasteiger partial charge on any atom is 0.341 e. The molecule has 0 saturated carbocycles. The van der Waals surface area contributed by atoms with Gasteiger partial charge >= 0.3 is 5.97 Å². The van der Waals surface area contributed by atoms with Gasteiger partial charge in [0.25, 0.3) is 0 Å². The van der Waals surface area contributed by atoms with E-state index in [0.29, 0.717) is 5.69 Å². The van der Waals surface area contributed by atoms with Crippen LogP contribution >= 0.6 is 0 Å². The van der Waals surface area contributed by atoms with Gasteiger partial charge < -0.3 is 14.9 Å². The lowest BCUT2D eigenvalue weighted by atomic mass is 10.4. The van der Waals surface area contributed by atoms with Gasteiger partial charge in [0.2, 0.25) is 5.88 Å². The molecule has 70 valence electrons. The quantitative estimate of drug-likeness (QED) is 0.688. The predicted octanol–water partition coefficient (Wildman–Crippen LogP) is 0.0373. The average Bonchev–Trinajstić information content (AvgIpc) is 2.15. The Morgan fingerprint density at radius 3 is 2.92 bits per heavy atom. The smallest absolute Gasteiger partial charge is 0.341 e. The van der Waals surface area contributed by atoms with E-state index in [-0.39, 0.29) is 12.5 Å². The molecule has 1 heterocycles. The fraction of sp³-hybridized carbons (Fsp3) is 0.250. The summed E-state index contributed by atoms with van der Waals surface area (Å²) < 4.78 is 4.79. The monoisotopic (exact) mass is 183 g/mol.